The molecule has 1 aromatic carbocycles. The first-order valence-electron chi connectivity index (χ1n) is 26.9. The van der Waals surface area contributed by atoms with Gasteiger partial charge < -0.3 is 78.8 Å². The maximum Gasteiger partial charge on any atom is 0.341 e. The van der Waals surface area contributed by atoms with Crippen LogP contribution in [-0.2, 0) is 54.6 Å². The first kappa shape index (κ1) is 62.7. The standard InChI is InChI=1S/C55H88N4O17/c1-15-40-55(10,69)47(64)31(4)43(61)29(2)26-53(8,68)48(76-52-45(63)39(58(11)12)24-30(3)71-52)32(5)46(33(6)51(67)73-40)75-42-27-54(9,70-14)49(34(7)72-42)74-41(60)20-23-56-21-16-17-22-57-35-18-19-36-38(25-35)59(13)28-37(44(36)62)50(65)66/h18-19,25,28-34,39-40,42,45-49,52,56-57,63-64,68-69H,15-17,20-24,26-27H2,1-14H3,(H,65,66)/t29-,30-,31+,32+,33-,34+,39+,40-,42+,45-,46+,47-,48-,49+,52+,53-,54-,55-/m1/s1. The van der Waals surface area contributed by atoms with Gasteiger partial charge >= 0.3 is 17.9 Å². The number of ether oxygens (including phenoxy) is 7. The molecule has 18 atom stereocenters. The molecule has 430 valence electrons. The molecule has 0 unspecified atom stereocenters. The number of aliphatic hydroxyl groups excluding tert-OH is 2. The van der Waals surface area contributed by atoms with Gasteiger partial charge in [-0.1, -0.05) is 27.7 Å². The fraction of sp³-hybridized carbons (Fsp3) is 0.764. The third-order valence-corrected chi connectivity index (χ3v) is 16.1. The average Bonchev–Trinajstić information content (AvgIpc) is 3.35. The Kier molecular flexibility index (Phi) is 21.6. The van der Waals surface area contributed by atoms with Gasteiger partial charge in [0.15, 0.2) is 18.7 Å². The van der Waals surface area contributed by atoms with Crippen LogP contribution in [0.15, 0.2) is 29.2 Å². The summed E-state index contributed by atoms with van der Waals surface area (Å²) in [5.74, 6) is -7.07. The number of fused-ring (bicyclic) bond motifs is 1. The first-order valence-corrected chi connectivity index (χ1v) is 26.9. The van der Waals surface area contributed by atoms with Crippen LogP contribution in [0, 0.1) is 23.7 Å². The molecule has 3 aliphatic rings. The van der Waals surface area contributed by atoms with Crippen LogP contribution in [0.2, 0.25) is 0 Å². The summed E-state index contributed by atoms with van der Waals surface area (Å²) >= 11 is 0. The van der Waals surface area contributed by atoms with E-state index in [0.717, 1.165) is 18.5 Å². The number of nitrogens with one attached hydrogen (secondary N) is 2. The van der Waals surface area contributed by atoms with Crippen molar-refractivity contribution in [3.63, 3.8) is 0 Å². The summed E-state index contributed by atoms with van der Waals surface area (Å²) in [7, 11) is 6.85. The zero-order chi connectivity index (χ0) is 56.8. The van der Waals surface area contributed by atoms with Crippen molar-refractivity contribution in [1.82, 2.24) is 14.8 Å². The summed E-state index contributed by atoms with van der Waals surface area (Å²) in [6, 6.07) is 4.80. The molecule has 1 aromatic heterocycles. The van der Waals surface area contributed by atoms with Crippen LogP contribution in [0.4, 0.5) is 5.69 Å². The minimum atomic E-state index is -2.05. The Morgan fingerprint density at radius 1 is 0.908 bits per heavy atom. The number of aliphatic hydroxyl groups is 4. The van der Waals surface area contributed by atoms with Crippen molar-refractivity contribution in [1.29, 1.82) is 0 Å². The number of aromatic carboxylic acids is 1. The number of anilines is 1. The Bertz CT molecular complexity index is 2360. The summed E-state index contributed by atoms with van der Waals surface area (Å²) in [5.41, 5.74) is -4.50. The molecule has 21 nitrogen and oxygen atoms in total. The van der Waals surface area contributed by atoms with E-state index >= 15 is 0 Å². The van der Waals surface area contributed by atoms with Gasteiger partial charge in [0.1, 0.15) is 34.8 Å². The number of carboxylic acids is 1. The zero-order valence-corrected chi connectivity index (χ0v) is 47.1. The van der Waals surface area contributed by atoms with Crippen molar-refractivity contribution in [3.8, 4) is 0 Å². The number of hydrogen-bond donors (Lipinski definition) is 7. The summed E-state index contributed by atoms with van der Waals surface area (Å²) < 4.78 is 46.0. The topological polar surface area (TPSA) is 283 Å². The largest absolute Gasteiger partial charge is 0.477 e. The minimum absolute atomic E-state index is 0.0162. The van der Waals surface area contributed by atoms with E-state index in [4.69, 9.17) is 33.2 Å². The van der Waals surface area contributed by atoms with Crippen LogP contribution < -0.4 is 16.1 Å². The van der Waals surface area contributed by atoms with Gasteiger partial charge in [0.25, 0.3) is 0 Å². The molecule has 3 saturated heterocycles. The van der Waals surface area contributed by atoms with Crippen molar-refractivity contribution in [2.75, 3.05) is 46.2 Å². The number of aryl methyl sites for hydroxylation is 1. The van der Waals surface area contributed by atoms with Crippen molar-refractivity contribution in [2.24, 2.45) is 30.7 Å². The van der Waals surface area contributed by atoms with Crippen LogP contribution in [0.25, 0.3) is 10.9 Å². The molecule has 0 saturated carbocycles. The maximum absolute atomic E-state index is 14.5. The second-order valence-electron chi connectivity index (χ2n) is 22.6. The van der Waals surface area contributed by atoms with Crippen molar-refractivity contribution < 1.29 is 77.9 Å². The number of unbranched alkanes of at least 4 members (excludes halogenated alkanes) is 1. The predicted molar refractivity (Wildman–Crippen MR) is 281 cm³/mol. The van der Waals surface area contributed by atoms with Crippen molar-refractivity contribution >= 4 is 40.3 Å². The lowest BCUT2D eigenvalue weighted by Crippen LogP contribution is -2.61. The molecule has 2 aromatic rings. The smallest absolute Gasteiger partial charge is 0.341 e. The molecule has 3 aliphatic heterocycles. The van der Waals surface area contributed by atoms with Crippen LogP contribution in [0.1, 0.15) is 125 Å². The Hall–Kier alpha value is -4.13. The molecule has 0 radical (unpaired) electrons. The van der Waals surface area contributed by atoms with E-state index in [1.165, 1.54) is 34.1 Å². The molecule has 21 heteroatoms. The molecule has 0 bridgehead atoms. The lowest BCUT2D eigenvalue weighted by atomic mass is 9.74. The number of carboxylic acid groups (broad SMARTS) is 1. The third-order valence-electron chi connectivity index (χ3n) is 16.1. The highest BCUT2D eigenvalue weighted by Crippen LogP contribution is 2.41. The number of hydrogen-bond acceptors (Lipinski definition) is 19. The number of esters is 2. The SMILES string of the molecule is CC[C@H]1OC(=O)[C@H](C)[C@@H](O[C@H]2C[C@@](C)(OC)[C@@H](OC(=O)CCNCCCCNc3ccc4c(=O)c(C(=O)O)cn(C)c4c3)[C@H](C)O2)[C@H](C)[C@@H](O[C@@H]2O[C@H](C)C[C@H](N(C)C)[C@H]2O)[C@](C)(O)C[C@@H](C)C(=O)[C@H](C)[C@@H](O)[C@]1(C)O. The number of benzene rings is 1. The Morgan fingerprint density at radius 2 is 1.58 bits per heavy atom. The first-order chi connectivity index (χ1) is 35.5. The van der Waals surface area contributed by atoms with Gasteiger partial charge in [0, 0.05) is 74.7 Å². The van der Waals surface area contributed by atoms with E-state index < -0.39 is 125 Å². The molecular formula is C55H88N4O17. The minimum Gasteiger partial charge on any atom is -0.477 e. The molecule has 0 aliphatic carbocycles. The van der Waals surface area contributed by atoms with E-state index in [1.54, 1.807) is 65.3 Å². The number of carbonyl (C=O) groups excluding carboxylic acids is 3. The number of likely N-dealkylation sites (N-methyl/N-ethyl adjacent to an activating group) is 1. The van der Waals surface area contributed by atoms with Gasteiger partial charge in [-0.15, -0.1) is 0 Å². The van der Waals surface area contributed by atoms with Gasteiger partial charge in [0.2, 0.25) is 5.43 Å². The van der Waals surface area contributed by atoms with E-state index in [0.29, 0.717) is 37.0 Å². The number of nitrogens with zero attached hydrogens (tertiary/aromatic N) is 2. The molecule has 76 heavy (non-hydrogen) atoms. The van der Waals surface area contributed by atoms with Gasteiger partial charge in [-0.25, -0.2) is 4.79 Å². The highest BCUT2D eigenvalue weighted by atomic mass is 16.7. The van der Waals surface area contributed by atoms with E-state index in [2.05, 4.69) is 10.6 Å². The van der Waals surface area contributed by atoms with Gasteiger partial charge in [0.05, 0.1) is 54.0 Å². The number of methoxy groups -OCH3 is 1. The number of ketones is 1. The quantitative estimate of drug-likeness (QED) is 0.0827. The number of rotatable bonds is 18. The van der Waals surface area contributed by atoms with Crippen LogP contribution >= 0.6 is 0 Å². The second-order valence-corrected chi connectivity index (χ2v) is 22.6. The number of cyclic esters (lactones) is 1. The Labute approximate surface area is 447 Å². The monoisotopic (exact) mass is 1080 g/mol. The number of carbonyl (C=O) groups is 4. The van der Waals surface area contributed by atoms with Crippen molar-refractivity contribution in [3.05, 3.63) is 40.2 Å². The molecule has 0 amide bonds. The molecule has 3 fully saturated rings. The van der Waals surface area contributed by atoms with Crippen LogP contribution in [-0.4, -0.2) is 184 Å². The Balaban J connectivity index is 1.28. The second kappa shape index (κ2) is 26.2. The Morgan fingerprint density at radius 3 is 2.21 bits per heavy atom. The predicted octanol–water partition coefficient (Wildman–Crippen LogP) is 3.76. The lowest BCUT2D eigenvalue weighted by Gasteiger charge is -2.49. The van der Waals surface area contributed by atoms with Crippen LogP contribution in [0.3, 0.4) is 0 Å². The molecule has 0 spiro atoms. The molecule has 5 rings (SSSR count). The molecular weight excluding hydrogens is 989 g/mol. The fourth-order valence-electron chi connectivity index (χ4n) is 11.5. The zero-order valence-electron chi connectivity index (χ0n) is 47.1. The van der Waals surface area contributed by atoms with Crippen molar-refractivity contribution in [2.45, 2.75) is 198 Å². The fourth-order valence-corrected chi connectivity index (χ4v) is 11.5. The number of Topliss-reactive ketones (excluding diaryl/α,β-unsaturated/α-hetero) is 1. The lowest BCUT2D eigenvalue weighted by molar-refractivity contribution is -0.318. The number of aromatic nitrogens is 1. The third kappa shape index (κ3) is 14.6. The van der Waals surface area contributed by atoms with Gasteiger partial charge in [-0.2, -0.15) is 0 Å². The summed E-state index contributed by atoms with van der Waals surface area (Å²) in [6.45, 7) is 17.9. The average molecular weight is 1080 g/mol. The highest BCUT2D eigenvalue weighted by Gasteiger charge is 2.54. The highest BCUT2D eigenvalue weighted by molar-refractivity contribution is 5.93. The van der Waals surface area contributed by atoms with Crippen LogP contribution in [0.5, 0.6) is 0 Å². The van der Waals surface area contributed by atoms with Gasteiger partial charge in [-0.05, 0) is 112 Å². The summed E-state index contributed by atoms with van der Waals surface area (Å²) in [5, 5.41) is 63.9. The van der Waals surface area contributed by atoms with E-state index in [-0.39, 0.29) is 43.4 Å². The van der Waals surface area contributed by atoms with Gasteiger partial charge in [-0.3, -0.25) is 19.2 Å². The van der Waals surface area contributed by atoms with E-state index in [9.17, 15) is 49.5 Å². The summed E-state index contributed by atoms with van der Waals surface area (Å²) in [6.07, 6.45) is -7.50. The van der Waals surface area contributed by atoms with E-state index in [1.807, 2.05) is 32.0 Å². The number of pyridine rings is 1. The molecule has 7 N–H and O–H groups in total. The summed E-state index contributed by atoms with van der Waals surface area (Å²) in [4.78, 5) is 67.9. The molecule has 4 heterocycles. The normalized spacial score (nSPS) is 37.1. The maximum atomic E-state index is 14.5.